The lowest BCUT2D eigenvalue weighted by Crippen LogP contribution is -2.31. The van der Waals surface area contributed by atoms with Crippen LogP contribution in [0.1, 0.15) is 20.3 Å². The molecule has 0 spiro atoms. The van der Waals surface area contributed by atoms with E-state index in [1.54, 1.807) is 0 Å². The van der Waals surface area contributed by atoms with Crippen LogP contribution in [0.3, 0.4) is 0 Å². The number of hydrogen-bond acceptors (Lipinski definition) is 6. The minimum absolute atomic E-state index is 0.0227. The van der Waals surface area contributed by atoms with Crippen LogP contribution in [0, 0.1) is 16.0 Å². The summed E-state index contributed by atoms with van der Waals surface area (Å²) < 4.78 is 22.9. The molecule has 2 N–H and O–H groups in total. The van der Waals surface area contributed by atoms with Gasteiger partial charge >= 0.3 is 5.97 Å². The Morgan fingerprint density at radius 2 is 2.00 bits per heavy atom. The van der Waals surface area contributed by atoms with E-state index < -0.39 is 32.5 Å². The summed E-state index contributed by atoms with van der Waals surface area (Å²) in [5.74, 6) is -1.06. The van der Waals surface area contributed by atoms with Crippen molar-refractivity contribution in [1.29, 1.82) is 0 Å². The molecule has 1 rings (SSSR count). The van der Waals surface area contributed by atoms with Crippen molar-refractivity contribution in [3.05, 3.63) is 28.3 Å². The highest BCUT2D eigenvalue weighted by atomic mass is 32.2. The van der Waals surface area contributed by atoms with Crippen LogP contribution >= 0.6 is 0 Å². The van der Waals surface area contributed by atoms with Crippen molar-refractivity contribution in [1.82, 2.24) is 0 Å². The maximum Gasteiger partial charge on any atom is 0.326 e. The Balaban J connectivity index is 3.23. The molecular formula is C13H18N2O6S. The summed E-state index contributed by atoms with van der Waals surface area (Å²) >= 11 is 0. The molecule has 0 saturated heterocycles. The van der Waals surface area contributed by atoms with Crippen LogP contribution in [0.25, 0.3) is 0 Å². The van der Waals surface area contributed by atoms with Gasteiger partial charge in [-0.25, -0.2) is 13.2 Å². The third kappa shape index (κ3) is 4.69. The van der Waals surface area contributed by atoms with Crippen molar-refractivity contribution in [3.63, 3.8) is 0 Å². The van der Waals surface area contributed by atoms with E-state index in [2.05, 4.69) is 5.32 Å². The number of nitrogens with one attached hydrogen (secondary N) is 1. The molecule has 0 aliphatic rings. The number of carboxylic acids is 1. The number of carbonyl (C=O) groups is 1. The van der Waals surface area contributed by atoms with Crippen LogP contribution in [-0.4, -0.2) is 36.7 Å². The highest BCUT2D eigenvalue weighted by molar-refractivity contribution is 7.90. The van der Waals surface area contributed by atoms with Crippen LogP contribution in [0.4, 0.5) is 11.4 Å². The summed E-state index contributed by atoms with van der Waals surface area (Å²) in [6.07, 6.45) is 1.22. The van der Waals surface area contributed by atoms with Gasteiger partial charge in [-0.1, -0.05) is 13.8 Å². The highest BCUT2D eigenvalue weighted by Gasteiger charge is 2.24. The number of sulfone groups is 1. The van der Waals surface area contributed by atoms with E-state index in [9.17, 15) is 23.3 Å². The topological polar surface area (TPSA) is 127 Å². The third-order valence-corrected chi connectivity index (χ3v) is 4.04. The number of hydrogen-bond donors (Lipinski definition) is 2. The van der Waals surface area contributed by atoms with Gasteiger partial charge in [0.2, 0.25) is 0 Å². The van der Waals surface area contributed by atoms with Gasteiger partial charge in [-0.3, -0.25) is 10.1 Å². The molecule has 0 heterocycles. The quantitative estimate of drug-likeness (QED) is 0.577. The number of nitro benzene ring substituents is 1. The summed E-state index contributed by atoms with van der Waals surface area (Å²) in [6.45, 7) is 3.66. The summed E-state index contributed by atoms with van der Waals surface area (Å²) in [4.78, 5) is 21.4. The standard InChI is InChI=1S/C13H18N2O6S/c1-8(2)6-11(13(16)17)14-10-5-4-9(22(3,20)21)7-12(10)15(18)19/h4-5,7-8,11,14H,6H2,1-3H3,(H,16,17)/t11-/m1/s1. The minimum atomic E-state index is -3.59. The molecule has 0 radical (unpaired) electrons. The predicted octanol–water partition coefficient (Wildman–Crippen LogP) is 1.91. The predicted molar refractivity (Wildman–Crippen MR) is 80.7 cm³/mol. The van der Waals surface area contributed by atoms with Crippen LogP contribution in [0.2, 0.25) is 0 Å². The minimum Gasteiger partial charge on any atom is -0.480 e. The number of nitro groups is 1. The molecule has 0 fully saturated rings. The molecule has 1 aromatic rings. The number of carboxylic acid groups (broad SMARTS) is 1. The number of anilines is 1. The molecule has 122 valence electrons. The number of rotatable bonds is 7. The molecule has 0 saturated carbocycles. The lowest BCUT2D eigenvalue weighted by molar-refractivity contribution is -0.384. The maximum absolute atomic E-state index is 11.5. The lowest BCUT2D eigenvalue weighted by atomic mass is 10.0. The normalized spacial score (nSPS) is 12.9. The van der Waals surface area contributed by atoms with Crippen molar-refractivity contribution in [2.24, 2.45) is 5.92 Å². The Kier molecular flexibility index (Phi) is 5.48. The average Bonchev–Trinajstić information content (AvgIpc) is 2.36. The van der Waals surface area contributed by atoms with E-state index >= 15 is 0 Å². The van der Waals surface area contributed by atoms with Crippen molar-refractivity contribution in [3.8, 4) is 0 Å². The Morgan fingerprint density at radius 3 is 2.41 bits per heavy atom. The van der Waals surface area contributed by atoms with E-state index in [1.165, 1.54) is 12.1 Å². The smallest absolute Gasteiger partial charge is 0.326 e. The van der Waals surface area contributed by atoms with Gasteiger partial charge in [0.15, 0.2) is 9.84 Å². The first-order valence-corrected chi connectivity index (χ1v) is 8.39. The molecular weight excluding hydrogens is 312 g/mol. The largest absolute Gasteiger partial charge is 0.480 e. The Morgan fingerprint density at radius 1 is 1.41 bits per heavy atom. The molecule has 0 bridgehead atoms. The third-order valence-electron chi connectivity index (χ3n) is 2.93. The second-order valence-corrected chi connectivity index (χ2v) is 7.39. The monoisotopic (exact) mass is 330 g/mol. The van der Waals surface area contributed by atoms with Gasteiger partial charge in [-0.2, -0.15) is 0 Å². The first-order valence-electron chi connectivity index (χ1n) is 6.50. The second-order valence-electron chi connectivity index (χ2n) is 5.37. The molecule has 0 aromatic heterocycles. The van der Waals surface area contributed by atoms with Crippen molar-refractivity contribution in [2.45, 2.75) is 31.2 Å². The van der Waals surface area contributed by atoms with Gasteiger partial charge < -0.3 is 10.4 Å². The van der Waals surface area contributed by atoms with Gasteiger partial charge in [0.05, 0.1) is 9.82 Å². The fourth-order valence-electron chi connectivity index (χ4n) is 1.90. The molecule has 22 heavy (non-hydrogen) atoms. The van der Waals surface area contributed by atoms with Crippen LogP contribution in [0.5, 0.6) is 0 Å². The fraction of sp³-hybridized carbons (Fsp3) is 0.462. The zero-order valence-corrected chi connectivity index (χ0v) is 13.3. The molecule has 0 unspecified atom stereocenters. The first-order chi connectivity index (χ1) is 10.0. The summed E-state index contributed by atoms with van der Waals surface area (Å²) in [5.41, 5.74) is -0.497. The Labute approximate surface area is 128 Å². The molecule has 8 nitrogen and oxygen atoms in total. The summed E-state index contributed by atoms with van der Waals surface area (Å²) in [6, 6.07) is 2.35. The lowest BCUT2D eigenvalue weighted by Gasteiger charge is -2.17. The zero-order chi connectivity index (χ0) is 17.1. The zero-order valence-electron chi connectivity index (χ0n) is 12.4. The fourth-order valence-corrected chi connectivity index (χ4v) is 2.54. The summed E-state index contributed by atoms with van der Waals surface area (Å²) in [5, 5.41) is 22.9. The van der Waals surface area contributed by atoms with E-state index in [4.69, 9.17) is 5.11 Å². The second kappa shape index (κ2) is 6.73. The molecule has 1 atom stereocenters. The summed E-state index contributed by atoms with van der Waals surface area (Å²) in [7, 11) is -3.59. The Bertz CT molecular complexity index is 684. The number of nitrogens with zero attached hydrogens (tertiary/aromatic N) is 1. The highest BCUT2D eigenvalue weighted by Crippen LogP contribution is 2.28. The van der Waals surface area contributed by atoms with Crippen LogP contribution in [-0.2, 0) is 14.6 Å². The van der Waals surface area contributed by atoms with Gasteiger partial charge in [0, 0.05) is 12.3 Å². The van der Waals surface area contributed by atoms with E-state index in [1.807, 2.05) is 13.8 Å². The van der Waals surface area contributed by atoms with Gasteiger partial charge in [0.1, 0.15) is 11.7 Å². The van der Waals surface area contributed by atoms with Gasteiger partial charge in [-0.05, 0) is 24.5 Å². The van der Waals surface area contributed by atoms with E-state index in [-0.39, 0.29) is 22.9 Å². The van der Waals surface area contributed by atoms with Crippen molar-refractivity contribution >= 4 is 27.2 Å². The first kappa shape index (κ1) is 17.9. The van der Waals surface area contributed by atoms with Crippen LogP contribution in [0.15, 0.2) is 23.1 Å². The van der Waals surface area contributed by atoms with Crippen molar-refractivity contribution in [2.75, 3.05) is 11.6 Å². The van der Waals surface area contributed by atoms with E-state index in [0.717, 1.165) is 12.3 Å². The molecule has 0 aliphatic carbocycles. The molecule has 0 amide bonds. The van der Waals surface area contributed by atoms with Gasteiger partial charge in [-0.15, -0.1) is 0 Å². The Hall–Kier alpha value is -2.16. The number of benzene rings is 1. The molecule has 9 heteroatoms. The maximum atomic E-state index is 11.5. The average molecular weight is 330 g/mol. The molecule has 0 aliphatic heterocycles. The SMILES string of the molecule is CC(C)C[C@@H](Nc1ccc(S(C)(=O)=O)cc1[N+](=O)[O-])C(=O)O. The van der Waals surface area contributed by atoms with E-state index in [0.29, 0.717) is 0 Å². The van der Waals surface area contributed by atoms with Gasteiger partial charge in [0.25, 0.3) is 5.69 Å². The number of aliphatic carboxylic acids is 1. The van der Waals surface area contributed by atoms with Crippen LogP contribution < -0.4 is 5.32 Å². The molecule has 1 aromatic carbocycles. The van der Waals surface area contributed by atoms with Crippen molar-refractivity contribution < 1.29 is 23.2 Å².